The van der Waals surface area contributed by atoms with E-state index in [2.05, 4.69) is 68.1 Å². The monoisotopic (exact) mass is 597 g/mol. The first-order chi connectivity index (χ1) is 14.9. The van der Waals surface area contributed by atoms with Gasteiger partial charge in [-0.05, 0) is 45.8 Å². The van der Waals surface area contributed by atoms with Gasteiger partial charge in [0.25, 0.3) is 0 Å². The first-order valence-corrected chi connectivity index (χ1v) is 10.7. The van der Waals surface area contributed by atoms with Gasteiger partial charge in [-0.2, -0.15) is 0 Å². The minimum atomic E-state index is 0. The Morgan fingerprint density at radius 3 is 1.84 bits per heavy atom. The second-order valence-electron chi connectivity index (χ2n) is 9.33. The molecule has 3 heteroatoms. The molecule has 32 heavy (non-hydrogen) atoms. The maximum atomic E-state index is 4.65. The molecular weight excluding hydrogens is 569 g/mol. The SMILES string of the molecule is CC1(C)CC(C)(C)c2cc(-c3[c-]cccc3)ncc21.[Ir].[c-]1ccccc1-c1ccccn1. The summed E-state index contributed by atoms with van der Waals surface area (Å²) in [6.07, 6.45) is 5.04. The van der Waals surface area contributed by atoms with Crippen LogP contribution in [0.25, 0.3) is 22.5 Å². The van der Waals surface area contributed by atoms with E-state index < -0.39 is 0 Å². The Balaban J connectivity index is 0.000000193. The summed E-state index contributed by atoms with van der Waals surface area (Å²) in [4.78, 5) is 8.87. The molecule has 1 radical (unpaired) electrons. The van der Waals surface area contributed by atoms with Crippen LogP contribution in [0.5, 0.6) is 0 Å². The Morgan fingerprint density at radius 2 is 1.28 bits per heavy atom. The maximum Gasteiger partial charge on any atom is 0.0201 e. The van der Waals surface area contributed by atoms with Crippen molar-refractivity contribution in [3.05, 3.63) is 108 Å². The Hall–Kier alpha value is -2.61. The van der Waals surface area contributed by atoms with Gasteiger partial charge < -0.3 is 9.97 Å². The summed E-state index contributed by atoms with van der Waals surface area (Å²) in [5, 5.41) is 0. The van der Waals surface area contributed by atoms with Gasteiger partial charge in [-0.3, -0.25) is 0 Å². The molecule has 0 saturated carbocycles. The third-order valence-corrected chi connectivity index (χ3v) is 5.88. The van der Waals surface area contributed by atoms with Crippen LogP contribution in [0, 0.1) is 12.1 Å². The smallest absolute Gasteiger partial charge is 0.0201 e. The molecule has 0 fully saturated rings. The van der Waals surface area contributed by atoms with E-state index in [-0.39, 0.29) is 30.9 Å². The van der Waals surface area contributed by atoms with Crippen molar-refractivity contribution in [2.45, 2.75) is 44.9 Å². The minimum absolute atomic E-state index is 0. The van der Waals surface area contributed by atoms with Crippen LogP contribution in [0.3, 0.4) is 0 Å². The minimum Gasteiger partial charge on any atom is -0.305 e. The summed E-state index contributed by atoms with van der Waals surface area (Å²) in [5.74, 6) is 0. The average Bonchev–Trinajstić information content (AvgIpc) is 2.99. The van der Waals surface area contributed by atoms with Crippen LogP contribution < -0.4 is 0 Å². The topological polar surface area (TPSA) is 25.8 Å². The van der Waals surface area contributed by atoms with Crippen LogP contribution in [-0.2, 0) is 30.9 Å². The maximum absolute atomic E-state index is 4.65. The molecule has 2 aromatic carbocycles. The third kappa shape index (κ3) is 5.23. The fourth-order valence-corrected chi connectivity index (χ4v) is 4.62. The zero-order valence-corrected chi connectivity index (χ0v) is 21.4. The number of nitrogens with zero attached hydrogens (tertiary/aromatic N) is 2. The number of pyridine rings is 2. The number of fused-ring (bicyclic) bond motifs is 1. The molecule has 2 aromatic heterocycles. The molecule has 4 aromatic rings. The van der Waals surface area contributed by atoms with Crippen molar-refractivity contribution in [1.29, 1.82) is 0 Å². The van der Waals surface area contributed by atoms with Gasteiger partial charge >= 0.3 is 0 Å². The molecule has 0 spiro atoms. The zero-order chi connectivity index (χ0) is 21.9. The molecule has 0 unspecified atom stereocenters. The van der Waals surface area contributed by atoms with E-state index in [0.29, 0.717) is 0 Å². The second-order valence-corrected chi connectivity index (χ2v) is 9.33. The van der Waals surface area contributed by atoms with Crippen LogP contribution in [0.2, 0.25) is 0 Å². The van der Waals surface area contributed by atoms with Crippen molar-refractivity contribution < 1.29 is 20.1 Å². The van der Waals surface area contributed by atoms with E-state index in [0.717, 1.165) is 22.5 Å². The van der Waals surface area contributed by atoms with Gasteiger partial charge in [-0.15, -0.1) is 71.8 Å². The molecule has 0 atom stereocenters. The molecule has 0 saturated heterocycles. The number of aromatic nitrogens is 2. The second kappa shape index (κ2) is 9.90. The Bertz CT molecular complexity index is 1100. The van der Waals surface area contributed by atoms with Crippen LogP contribution in [0.1, 0.15) is 45.2 Å². The predicted molar refractivity (Wildman–Crippen MR) is 128 cm³/mol. The van der Waals surface area contributed by atoms with Crippen molar-refractivity contribution in [2.75, 3.05) is 0 Å². The van der Waals surface area contributed by atoms with Crippen molar-refractivity contribution in [3.63, 3.8) is 0 Å². The van der Waals surface area contributed by atoms with Crippen molar-refractivity contribution in [1.82, 2.24) is 9.97 Å². The van der Waals surface area contributed by atoms with Gasteiger partial charge in [-0.1, -0.05) is 45.9 Å². The summed E-state index contributed by atoms with van der Waals surface area (Å²) >= 11 is 0. The van der Waals surface area contributed by atoms with E-state index >= 15 is 0 Å². The Kier molecular flexibility index (Phi) is 7.43. The number of hydrogen-bond donors (Lipinski definition) is 0. The van der Waals surface area contributed by atoms with Gasteiger partial charge in [0, 0.05) is 32.5 Å². The molecule has 1 aliphatic rings. The summed E-state index contributed by atoms with van der Waals surface area (Å²) in [7, 11) is 0. The molecular formula is C29H28IrN2-2. The zero-order valence-electron chi connectivity index (χ0n) is 19.0. The van der Waals surface area contributed by atoms with E-state index in [9.17, 15) is 0 Å². The van der Waals surface area contributed by atoms with Gasteiger partial charge in [-0.25, -0.2) is 0 Å². The fourth-order valence-electron chi connectivity index (χ4n) is 4.62. The molecule has 2 heterocycles. The molecule has 0 N–H and O–H groups in total. The standard InChI is InChI=1S/C18H20N.C11H8N.Ir/c1-17(2)12-18(3,4)15-11-19-16(10-14(15)17)13-8-6-5-7-9-13;1-2-6-10(7-3-1)11-8-4-5-9-12-11;/h5-8,10-11H,12H2,1-4H3;1-6,8-9H;/q2*-1;. The van der Waals surface area contributed by atoms with Crippen LogP contribution in [0.4, 0.5) is 0 Å². The van der Waals surface area contributed by atoms with E-state index in [1.54, 1.807) is 6.20 Å². The van der Waals surface area contributed by atoms with Crippen molar-refractivity contribution in [3.8, 4) is 22.5 Å². The normalized spacial score (nSPS) is 15.0. The van der Waals surface area contributed by atoms with E-state index in [1.807, 2.05) is 60.7 Å². The van der Waals surface area contributed by atoms with Crippen LogP contribution in [-0.4, -0.2) is 9.97 Å². The first kappa shape index (κ1) is 24.0. The van der Waals surface area contributed by atoms with Crippen molar-refractivity contribution in [2.24, 2.45) is 0 Å². The molecule has 5 rings (SSSR count). The molecule has 2 nitrogen and oxygen atoms in total. The molecule has 1 aliphatic carbocycles. The molecule has 0 amide bonds. The predicted octanol–water partition coefficient (Wildman–Crippen LogP) is 7.05. The van der Waals surface area contributed by atoms with Gasteiger partial charge in [0.05, 0.1) is 0 Å². The van der Waals surface area contributed by atoms with Gasteiger partial charge in [0.15, 0.2) is 0 Å². The Morgan fingerprint density at radius 1 is 0.688 bits per heavy atom. The van der Waals surface area contributed by atoms with Gasteiger partial charge in [0.1, 0.15) is 0 Å². The third-order valence-electron chi connectivity index (χ3n) is 5.88. The van der Waals surface area contributed by atoms with Gasteiger partial charge in [0.2, 0.25) is 0 Å². The largest absolute Gasteiger partial charge is 0.305 e. The number of hydrogen-bond acceptors (Lipinski definition) is 2. The molecule has 0 bridgehead atoms. The number of benzene rings is 2. The average molecular weight is 597 g/mol. The van der Waals surface area contributed by atoms with Crippen LogP contribution >= 0.6 is 0 Å². The fraction of sp³-hybridized carbons (Fsp3) is 0.241. The Labute approximate surface area is 205 Å². The van der Waals surface area contributed by atoms with E-state index in [1.165, 1.54) is 17.5 Å². The summed E-state index contributed by atoms with van der Waals surface area (Å²) < 4.78 is 0. The number of rotatable bonds is 2. The molecule has 165 valence electrons. The summed E-state index contributed by atoms with van der Waals surface area (Å²) in [5.41, 5.74) is 7.42. The van der Waals surface area contributed by atoms with E-state index in [4.69, 9.17) is 0 Å². The summed E-state index contributed by atoms with van der Waals surface area (Å²) in [6, 6.07) is 30.4. The van der Waals surface area contributed by atoms with Crippen LogP contribution in [0.15, 0.2) is 85.2 Å². The first-order valence-electron chi connectivity index (χ1n) is 10.7. The van der Waals surface area contributed by atoms with Crippen molar-refractivity contribution >= 4 is 0 Å². The quantitative estimate of drug-likeness (QED) is 0.232. The molecule has 0 aliphatic heterocycles. The summed E-state index contributed by atoms with van der Waals surface area (Å²) in [6.45, 7) is 9.30.